The summed E-state index contributed by atoms with van der Waals surface area (Å²) in [6.45, 7) is 0.293. The van der Waals surface area contributed by atoms with Crippen molar-refractivity contribution < 1.29 is 13.2 Å². The van der Waals surface area contributed by atoms with Crippen LogP contribution >= 0.6 is 0 Å². The number of fused-ring (bicyclic) bond motifs is 1. The van der Waals surface area contributed by atoms with Gasteiger partial charge in [-0.1, -0.05) is 24.3 Å². The number of sulfonamides is 1. The topological polar surface area (TPSA) is 91.0 Å². The lowest BCUT2D eigenvalue weighted by Crippen LogP contribution is -2.34. The molecule has 0 radical (unpaired) electrons. The fourth-order valence-corrected chi connectivity index (χ4v) is 4.55. The highest BCUT2D eigenvalue weighted by molar-refractivity contribution is 7.89. The molecule has 0 spiro atoms. The number of hydrogen-bond acceptors (Lipinski definition) is 5. The van der Waals surface area contributed by atoms with Crippen molar-refractivity contribution in [3.8, 4) is 5.75 Å². The van der Waals surface area contributed by atoms with Gasteiger partial charge in [-0.15, -0.1) is 0 Å². The Kier molecular flexibility index (Phi) is 5.56. The van der Waals surface area contributed by atoms with Crippen molar-refractivity contribution in [3.63, 3.8) is 0 Å². The molecule has 0 saturated heterocycles. The normalized spacial score (nSPS) is 12.9. The number of rotatable bonds is 8. The minimum atomic E-state index is -3.63. The van der Waals surface area contributed by atoms with Gasteiger partial charge in [0, 0.05) is 26.0 Å². The minimum absolute atomic E-state index is 0.0851. The average molecular weight is 426 g/mol. The van der Waals surface area contributed by atoms with Crippen LogP contribution in [-0.4, -0.2) is 40.4 Å². The first kappa shape index (κ1) is 20.1. The first-order valence-corrected chi connectivity index (χ1v) is 11.1. The average Bonchev–Trinajstić information content (AvgIpc) is 3.37. The molecule has 4 rings (SSSR count). The summed E-state index contributed by atoms with van der Waals surface area (Å²) in [4.78, 5) is 8.68. The van der Waals surface area contributed by atoms with Crippen molar-refractivity contribution in [1.82, 2.24) is 23.8 Å². The van der Waals surface area contributed by atoms with Crippen LogP contribution in [0.5, 0.6) is 5.75 Å². The van der Waals surface area contributed by atoms with Gasteiger partial charge in [0.1, 0.15) is 17.6 Å². The molecule has 1 atom stereocenters. The number of nitrogens with one attached hydrogen (secondary N) is 1. The van der Waals surface area contributed by atoms with E-state index in [1.807, 2.05) is 60.1 Å². The number of ether oxygens (including phenoxy) is 1. The van der Waals surface area contributed by atoms with Crippen molar-refractivity contribution in [2.24, 2.45) is 7.05 Å². The van der Waals surface area contributed by atoms with Gasteiger partial charge in [0.25, 0.3) is 0 Å². The van der Waals surface area contributed by atoms with Gasteiger partial charge in [-0.25, -0.2) is 23.1 Å². The highest BCUT2D eigenvalue weighted by Gasteiger charge is 2.25. The Morgan fingerprint density at radius 2 is 1.97 bits per heavy atom. The summed E-state index contributed by atoms with van der Waals surface area (Å²) < 4.78 is 37.8. The summed E-state index contributed by atoms with van der Waals surface area (Å²) in [5.41, 5.74) is 2.49. The molecule has 2 heterocycles. The molecule has 30 heavy (non-hydrogen) atoms. The van der Waals surface area contributed by atoms with Crippen LogP contribution in [0.1, 0.15) is 17.4 Å². The summed E-state index contributed by atoms with van der Waals surface area (Å²) in [7, 11) is -0.216. The molecule has 4 aromatic rings. The van der Waals surface area contributed by atoms with E-state index in [-0.39, 0.29) is 5.75 Å². The Labute approximate surface area is 175 Å². The molecule has 156 valence electrons. The van der Waals surface area contributed by atoms with E-state index in [9.17, 15) is 8.42 Å². The van der Waals surface area contributed by atoms with Gasteiger partial charge in [0.2, 0.25) is 10.0 Å². The highest BCUT2D eigenvalue weighted by Crippen LogP contribution is 2.25. The number of para-hydroxylation sites is 2. The fraction of sp³-hybridized carbons (Fsp3) is 0.238. The second-order valence-electron chi connectivity index (χ2n) is 6.97. The Bertz CT molecular complexity index is 1260. The molecule has 0 unspecified atom stereocenters. The van der Waals surface area contributed by atoms with Crippen molar-refractivity contribution in [2.75, 3.05) is 12.9 Å². The summed E-state index contributed by atoms with van der Waals surface area (Å²) in [5.74, 6) is 1.16. The lowest BCUT2D eigenvalue weighted by atomic mass is 10.1. The number of aryl methyl sites for hydroxylation is 2. The third kappa shape index (κ3) is 4.22. The first-order valence-electron chi connectivity index (χ1n) is 9.48. The van der Waals surface area contributed by atoms with Gasteiger partial charge in [0.05, 0.1) is 30.2 Å². The first-order chi connectivity index (χ1) is 14.5. The zero-order valence-electron chi connectivity index (χ0n) is 16.8. The molecule has 0 amide bonds. The van der Waals surface area contributed by atoms with Crippen LogP contribution in [-0.2, 0) is 23.6 Å². The van der Waals surface area contributed by atoms with Gasteiger partial charge in [-0.3, -0.25) is 0 Å². The van der Waals surface area contributed by atoms with Crippen LogP contribution in [0.4, 0.5) is 0 Å². The lowest BCUT2D eigenvalue weighted by molar-refractivity contribution is 0.413. The maximum atomic E-state index is 13.0. The molecule has 1 N–H and O–H groups in total. The van der Waals surface area contributed by atoms with Crippen molar-refractivity contribution in [3.05, 3.63) is 78.6 Å². The standard InChI is InChI=1S/C21H23N5O3S/c1-25-11-10-22-21(25)20(16-6-5-7-17(14-16)29-2)24-30(27,28)13-12-26-15-23-18-8-3-4-9-19(18)26/h3-11,14-15,20,24H,12-13H2,1-2H3/t20-/m0/s1. The van der Waals surface area contributed by atoms with E-state index in [1.165, 1.54) is 0 Å². The van der Waals surface area contributed by atoms with Crippen LogP contribution < -0.4 is 9.46 Å². The predicted molar refractivity (Wildman–Crippen MR) is 115 cm³/mol. The number of aromatic nitrogens is 4. The summed E-state index contributed by atoms with van der Waals surface area (Å²) in [5, 5.41) is 0. The Hall–Kier alpha value is -3.17. The molecule has 0 aliphatic carbocycles. The maximum absolute atomic E-state index is 13.0. The number of nitrogens with zero attached hydrogens (tertiary/aromatic N) is 4. The van der Waals surface area contributed by atoms with Crippen LogP contribution in [0.15, 0.2) is 67.3 Å². The van der Waals surface area contributed by atoms with E-state index in [4.69, 9.17) is 4.74 Å². The third-order valence-electron chi connectivity index (χ3n) is 4.97. The monoisotopic (exact) mass is 425 g/mol. The zero-order valence-corrected chi connectivity index (χ0v) is 17.6. The molecule has 0 aliphatic heterocycles. The van der Waals surface area contributed by atoms with E-state index < -0.39 is 16.1 Å². The van der Waals surface area contributed by atoms with Gasteiger partial charge < -0.3 is 13.9 Å². The third-order valence-corrected chi connectivity index (χ3v) is 6.28. The number of benzene rings is 2. The molecule has 0 bridgehead atoms. The fourth-order valence-electron chi connectivity index (χ4n) is 3.39. The molecule has 0 aliphatic rings. The number of imidazole rings is 2. The smallest absolute Gasteiger partial charge is 0.214 e. The largest absolute Gasteiger partial charge is 0.497 e. The molecule has 2 aromatic heterocycles. The quantitative estimate of drug-likeness (QED) is 0.468. The molecular formula is C21H23N5O3S. The number of hydrogen-bond donors (Lipinski definition) is 1. The van der Waals surface area contributed by atoms with Gasteiger partial charge in [0.15, 0.2) is 0 Å². The second-order valence-corrected chi connectivity index (χ2v) is 8.84. The van der Waals surface area contributed by atoms with Crippen LogP contribution in [0, 0.1) is 0 Å². The number of methoxy groups -OCH3 is 1. The Morgan fingerprint density at radius 3 is 2.73 bits per heavy atom. The summed E-state index contributed by atoms with van der Waals surface area (Å²) >= 11 is 0. The molecular weight excluding hydrogens is 402 g/mol. The SMILES string of the molecule is COc1cccc([C@H](NS(=O)(=O)CCn2cnc3ccccc32)c2nccn2C)c1. The molecule has 9 heteroatoms. The molecule has 2 aromatic carbocycles. The summed E-state index contributed by atoms with van der Waals surface area (Å²) in [6, 6.07) is 14.3. The molecule has 0 saturated carbocycles. The second kappa shape index (κ2) is 8.29. The molecule has 0 fully saturated rings. The van der Waals surface area contributed by atoms with Gasteiger partial charge in [-0.05, 0) is 29.8 Å². The predicted octanol–water partition coefficient (Wildman–Crippen LogP) is 2.49. The summed E-state index contributed by atoms with van der Waals surface area (Å²) in [6.07, 6.45) is 5.10. The van der Waals surface area contributed by atoms with E-state index in [0.29, 0.717) is 18.1 Å². The van der Waals surface area contributed by atoms with Crippen LogP contribution in [0.25, 0.3) is 11.0 Å². The van der Waals surface area contributed by atoms with E-state index in [1.54, 1.807) is 30.4 Å². The maximum Gasteiger partial charge on any atom is 0.214 e. The van der Waals surface area contributed by atoms with Gasteiger partial charge in [-0.2, -0.15) is 0 Å². The van der Waals surface area contributed by atoms with Crippen molar-refractivity contribution in [2.45, 2.75) is 12.6 Å². The van der Waals surface area contributed by atoms with Crippen LogP contribution in [0.3, 0.4) is 0 Å². The van der Waals surface area contributed by atoms with Crippen molar-refractivity contribution >= 4 is 21.1 Å². The lowest BCUT2D eigenvalue weighted by Gasteiger charge is -2.20. The van der Waals surface area contributed by atoms with E-state index in [0.717, 1.165) is 16.6 Å². The van der Waals surface area contributed by atoms with E-state index >= 15 is 0 Å². The zero-order chi connectivity index (χ0) is 21.1. The Morgan fingerprint density at radius 1 is 1.13 bits per heavy atom. The minimum Gasteiger partial charge on any atom is -0.497 e. The van der Waals surface area contributed by atoms with Crippen LogP contribution in [0.2, 0.25) is 0 Å². The highest BCUT2D eigenvalue weighted by atomic mass is 32.2. The van der Waals surface area contributed by atoms with E-state index in [2.05, 4.69) is 14.7 Å². The van der Waals surface area contributed by atoms with Crippen molar-refractivity contribution in [1.29, 1.82) is 0 Å². The Balaban J connectivity index is 1.59. The van der Waals surface area contributed by atoms with Gasteiger partial charge >= 0.3 is 0 Å². The molecule has 8 nitrogen and oxygen atoms in total.